The second kappa shape index (κ2) is 9.63. The Hall–Kier alpha value is -2.31. The van der Waals surface area contributed by atoms with Gasteiger partial charge >= 0.3 is 6.18 Å². The first-order chi connectivity index (χ1) is 16.1. The van der Waals surface area contributed by atoms with E-state index in [4.69, 9.17) is 13.6 Å². The van der Waals surface area contributed by atoms with E-state index in [0.29, 0.717) is 17.9 Å². The molecule has 0 N–H and O–H groups in total. The molecular formula is C25H34F3NO4Si2. The molecule has 35 heavy (non-hydrogen) atoms. The van der Waals surface area contributed by atoms with Crippen LogP contribution in [-0.4, -0.2) is 47.3 Å². The van der Waals surface area contributed by atoms with Crippen molar-refractivity contribution < 1.29 is 31.6 Å². The van der Waals surface area contributed by atoms with E-state index in [9.17, 15) is 18.0 Å². The Balaban J connectivity index is 2.02. The highest BCUT2D eigenvalue weighted by molar-refractivity contribution is 6.71. The largest absolute Gasteiger partial charge is 0.542 e. The van der Waals surface area contributed by atoms with Crippen LogP contribution in [0.25, 0.3) is 0 Å². The Bertz CT molecular complexity index is 1070. The number of alkyl halides is 3. The van der Waals surface area contributed by atoms with Crippen molar-refractivity contribution in [2.75, 3.05) is 13.7 Å². The lowest BCUT2D eigenvalue weighted by molar-refractivity contribution is -0.270. The number of hydrogen-bond donors (Lipinski definition) is 0. The van der Waals surface area contributed by atoms with Crippen LogP contribution >= 0.6 is 0 Å². The number of carbonyl (C=O) groups is 1. The van der Waals surface area contributed by atoms with Gasteiger partial charge in [-0.15, -0.1) is 0 Å². The monoisotopic (exact) mass is 525 g/mol. The summed E-state index contributed by atoms with van der Waals surface area (Å²) in [6.45, 7) is 12.6. The van der Waals surface area contributed by atoms with E-state index < -0.39 is 34.3 Å². The van der Waals surface area contributed by atoms with Gasteiger partial charge in [0.2, 0.25) is 16.6 Å². The van der Waals surface area contributed by atoms with Crippen LogP contribution in [0, 0.1) is 0 Å². The molecule has 0 saturated carbocycles. The van der Waals surface area contributed by atoms with Gasteiger partial charge in [-0.1, -0.05) is 30.3 Å². The second-order valence-corrected chi connectivity index (χ2v) is 19.6. The Labute approximate surface area is 207 Å². The second-order valence-electron chi connectivity index (χ2n) is 10.7. The molecule has 3 rings (SSSR count). The van der Waals surface area contributed by atoms with Gasteiger partial charge in [0.1, 0.15) is 11.5 Å². The Kier molecular flexibility index (Phi) is 7.50. The maximum Gasteiger partial charge on any atom is 0.430 e. The Morgan fingerprint density at radius 3 is 1.86 bits per heavy atom. The van der Waals surface area contributed by atoms with Gasteiger partial charge in [0.15, 0.2) is 0 Å². The highest BCUT2D eigenvalue weighted by Gasteiger charge is 2.63. The number of carbonyl (C=O) groups excluding carboxylic acids is 1. The third-order valence-electron chi connectivity index (χ3n) is 5.58. The highest BCUT2D eigenvalue weighted by atomic mass is 28.4. The zero-order valence-corrected chi connectivity index (χ0v) is 23.4. The Morgan fingerprint density at radius 2 is 1.40 bits per heavy atom. The van der Waals surface area contributed by atoms with Crippen molar-refractivity contribution in [3.63, 3.8) is 0 Å². The summed E-state index contributed by atoms with van der Waals surface area (Å²) in [7, 11) is -3.02. The predicted octanol–water partition coefficient (Wildman–Crippen LogP) is 6.10. The van der Waals surface area contributed by atoms with Crippen molar-refractivity contribution >= 4 is 22.5 Å². The van der Waals surface area contributed by atoms with Crippen LogP contribution in [0.3, 0.4) is 0 Å². The molecule has 2 aromatic carbocycles. The molecule has 0 saturated heterocycles. The lowest BCUT2D eigenvalue weighted by Crippen LogP contribution is -2.57. The van der Waals surface area contributed by atoms with E-state index >= 15 is 0 Å². The third-order valence-corrected chi connectivity index (χ3v) is 7.25. The van der Waals surface area contributed by atoms with E-state index in [1.54, 1.807) is 6.07 Å². The van der Waals surface area contributed by atoms with Crippen LogP contribution in [0.2, 0.25) is 39.3 Å². The molecule has 0 aliphatic carbocycles. The maximum atomic E-state index is 14.4. The minimum atomic E-state index is -4.94. The molecule has 2 aromatic rings. The molecule has 1 atom stereocenters. The number of rotatable bonds is 7. The average molecular weight is 526 g/mol. The predicted molar refractivity (Wildman–Crippen MR) is 135 cm³/mol. The number of hydrogen-bond acceptors (Lipinski definition) is 4. The number of nitrogens with zero attached hydrogens (tertiary/aromatic N) is 1. The van der Waals surface area contributed by atoms with Gasteiger partial charge in [0.25, 0.3) is 11.5 Å². The summed E-state index contributed by atoms with van der Waals surface area (Å²) in [6, 6.07) is 10.8. The molecular weight excluding hydrogens is 491 g/mol. The molecule has 5 nitrogen and oxygen atoms in total. The summed E-state index contributed by atoms with van der Waals surface area (Å²) < 4.78 is 60.8. The van der Waals surface area contributed by atoms with E-state index in [1.165, 1.54) is 29.2 Å². The lowest BCUT2D eigenvalue weighted by Gasteiger charge is -2.39. The van der Waals surface area contributed by atoms with Gasteiger partial charge < -0.3 is 18.5 Å². The first-order valence-electron chi connectivity index (χ1n) is 11.6. The van der Waals surface area contributed by atoms with Crippen molar-refractivity contribution in [3.05, 3.63) is 59.2 Å². The van der Waals surface area contributed by atoms with Crippen LogP contribution in [0.1, 0.15) is 16.7 Å². The number of halogens is 3. The van der Waals surface area contributed by atoms with Gasteiger partial charge in [0.05, 0.1) is 0 Å². The molecule has 0 radical (unpaired) electrons. The normalized spacial score (nSPS) is 16.3. The molecule has 1 aliphatic rings. The number of amides is 1. The van der Waals surface area contributed by atoms with Crippen molar-refractivity contribution in [1.29, 1.82) is 0 Å². The number of fused-ring (bicyclic) bond motifs is 1. The summed E-state index contributed by atoms with van der Waals surface area (Å²) in [6.07, 6.45) is -4.54. The SMILES string of the molecule is CO[C@](C(=O)N1CCc2cc(O[Si](C)(C)C)c(O[Si](C)(C)C)cc2C1)(c1ccccc1)C(F)(F)F. The molecule has 0 bridgehead atoms. The zero-order valence-electron chi connectivity index (χ0n) is 21.4. The minimum absolute atomic E-state index is 0.0253. The number of benzene rings is 2. The molecule has 0 unspecified atom stereocenters. The molecule has 1 aliphatic heterocycles. The standard InChI is InChI=1S/C25H34F3NO4Si2/c1-31-24(25(26,27)28,20-11-9-8-10-12-20)23(30)29-14-13-18-15-21(32-34(2,3)4)22(16-19(18)17-29)33-35(5,6)7/h8-12,15-16H,13-14,17H2,1-7H3/t24-/m0/s1. The van der Waals surface area contributed by atoms with E-state index in [-0.39, 0.29) is 18.7 Å². The third kappa shape index (κ3) is 5.92. The highest BCUT2D eigenvalue weighted by Crippen LogP contribution is 2.44. The molecule has 0 spiro atoms. The fourth-order valence-electron chi connectivity index (χ4n) is 4.18. The summed E-state index contributed by atoms with van der Waals surface area (Å²) in [4.78, 5) is 14.7. The fourth-order valence-corrected chi connectivity index (χ4v) is 5.82. The van der Waals surface area contributed by atoms with Gasteiger partial charge in [-0.05, 0) is 69.0 Å². The van der Waals surface area contributed by atoms with Crippen molar-refractivity contribution in [2.45, 2.75) is 64.0 Å². The topological polar surface area (TPSA) is 48.0 Å². The smallest absolute Gasteiger partial charge is 0.430 e. The first kappa shape index (κ1) is 27.3. The van der Waals surface area contributed by atoms with Crippen LogP contribution in [0.5, 0.6) is 11.5 Å². The van der Waals surface area contributed by atoms with Crippen LogP contribution < -0.4 is 8.85 Å². The van der Waals surface area contributed by atoms with Crippen molar-refractivity contribution in [3.8, 4) is 11.5 Å². The summed E-state index contributed by atoms with van der Waals surface area (Å²) in [5, 5.41) is 0. The molecule has 10 heteroatoms. The summed E-state index contributed by atoms with van der Waals surface area (Å²) >= 11 is 0. The van der Waals surface area contributed by atoms with Crippen LogP contribution in [0.4, 0.5) is 13.2 Å². The summed E-state index contributed by atoms with van der Waals surface area (Å²) in [5.74, 6) is 0.118. The molecule has 192 valence electrons. The van der Waals surface area contributed by atoms with E-state index in [2.05, 4.69) is 39.3 Å². The fraction of sp³-hybridized carbons (Fsp3) is 0.480. The maximum absolute atomic E-state index is 14.4. The number of methoxy groups -OCH3 is 1. The average Bonchev–Trinajstić information content (AvgIpc) is 2.72. The lowest BCUT2D eigenvalue weighted by atomic mass is 9.89. The quantitative estimate of drug-likeness (QED) is 0.410. The van der Waals surface area contributed by atoms with Crippen molar-refractivity contribution in [1.82, 2.24) is 4.90 Å². The Morgan fingerprint density at radius 1 is 0.886 bits per heavy atom. The van der Waals surface area contributed by atoms with Crippen LogP contribution in [-0.2, 0) is 28.1 Å². The van der Waals surface area contributed by atoms with Crippen LogP contribution in [0.15, 0.2) is 42.5 Å². The minimum Gasteiger partial charge on any atom is -0.542 e. The van der Waals surface area contributed by atoms with E-state index in [0.717, 1.165) is 18.2 Å². The van der Waals surface area contributed by atoms with Crippen molar-refractivity contribution in [2.24, 2.45) is 0 Å². The molecule has 1 heterocycles. The van der Waals surface area contributed by atoms with Gasteiger partial charge in [-0.25, -0.2) is 0 Å². The first-order valence-corrected chi connectivity index (χ1v) is 18.4. The zero-order chi connectivity index (χ0) is 26.2. The number of ether oxygens (including phenoxy) is 1. The van der Waals surface area contributed by atoms with Gasteiger partial charge in [-0.2, -0.15) is 13.2 Å². The summed E-state index contributed by atoms with van der Waals surface area (Å²) in [5.41, 5.74) is -1.63. The van der Waals surface area contributed by atoms with Gasteiger partial charge in [0, 0.05) is 25.8 Å². The molecule has 1 amide bonds. The van der Waals surface area contributed by atoms with E-state index in [1.807, 2.05) is 12.1 Å². The van der Waals surface area contributed by atoms with Gasteiger partial charge in [-0.3, -0.25) is 4.79 Å². The molecule has 0 fully saturated rings. The molecule has 0 aromatic heterocycles.